The van der Waals surface area contributed by atoms with Crippen molar-refractivity contribution < 1.29 is 52.5 Å². The third kappa shape index (κ3) is 14.5. The van der Waals surface area contributed by atoms with Gasteiger partial charge in [0.25, 0.3) is 0 Å². The Labute approximate surface area is 406 Å². The number of rotatable bonds is 24. The molecule has 0 spiro atoms. The molecule has 0 bridgehead atoms. The summed E-state index contributed by atoms with van der Waals surface area (Å²) in [6.07, 6.45) is 1.20. The molecule has 4 unspecified atom stereocenters. The van der Waals surface area contributed by atoms with Crippen LogP contribution in [-0.2, 0) is 36.2 Å². The molecule has 6 aromatic rings. The van der Waals surface area contributed by atoms with E-state index in [1.807, 2.05) is 72.8 Å². The lowest BCUT2D eigenvalue weighted by Gasteiger charge is -2.26. The topological polar surface area (TPSA) is 126 Å². The molecule has 6 aromatic carbocycles. The van der Waals surface area contributed by atoms with Crippen LogP contribution in [0.25, 0.3) is 0 Å². The van der Waals surface area contributed by atoms with Gasteiger partial charge in [-0.25, -0.2) is 0 Å². The molecule has 10 rings (SSSR count). The number of hydrogen-bond donors (Lipinski definition) is 1. The Bertz CT molecular complexity index is 2310. The summed E-state index contributed by atoms with van der Waals surface area (Å²) >= 11 is 0. The van der Waals surface area contributed by atoms with Gasteiger partial charge in [0.2, 0.25) is 0 Å². The van der Waals surface area contributed by atoms with E-state index in [2.05, 4.69) is 100 Å². The molecule has 4 fully saturated rings. The smallest absolute Gasteiger partial charge is 0.122 e. The summed E-state index contributed by atoms with van der Waals surface area (Å²) in [4.78, 5) is 0. The zero-order valence-electron chi connectivity index (χ0n) is 40.1. The molecule has 0 aliphatic carbocycles. The largest absolute Gasteiger partial charge is 0.491 e. The van der Waals surface area contributed by atoms with E-state index in [9.17, 15) is 5.11 Å². The molecule has 4 aliphatic rings. The predicted molar refractivity (Wildman–Crippen MR) is 264 cm³/mol. The van der Waals surface area contributed by atoms with Crippen LogP contribution in [-0.4, -0.2) is 102 Å². The summed E-state index contributed by atoms with van der Waals surface area (Å²) in [5, 5.41) is 10.5. The SMILES string of the molecule is CC(C)(c1ccc(OCC(O)COc2ccc(C(C)(C)c3ccc(OCC4CO4)cc3)cc2)cc1)c1ccc(OCC2CO2)cc1.c1cc(OCC2CO2)ccc1Cc1ccc(OCC2CO2)cc1. The van der Waals surface area contributed by atoms with E-state index in [-0.39, 0.29) is 36.3 Å². The zero-order valence-corrected chi connectivity index (χ0v) is 40.1. The monoisotopic (exact) mass is 936 g/mol. The van der Waals surface area contributed by atoms with Crippen LogP contribution in [0.4, 0.5) is 0 Å². The van der Waals surface area contributed by atoms with Crippen molar-refractivity contribution >= 4 is 0 Å². The quantitative estimate of drug-likeness (QED) is 0.0584. The first-order valence-corrected chi connectivity index (χ1v) is 24.0. The fourth-order valence-corrected chi connectivity index (χ4v) is 7.69. The van der Waals surface area contributed by atoms with Crippen LogP contribution in [0, 0.1) is 0 Å². The molecule has 0 radical (unpaired) electrons. The number of epoxide rings is 4. The average molecular weight is 937 g/mol. The molecule has 11 nitrogen and oxygen atoms in total. The van der Waals surface area contributed by atoms with E-state index in [4.69, 9.17) is 47.4 Å². The maximum absolute atomic E-state index is 10.5. The summed E-state index contributed by atoms with van der Waals surface area (Å²) < 4.78 is 55.3. The van der Waals surface area contributed by atoms with Crippen molar-refractivity contribution in [3.63, 3.8) is 0 Å². The molecule has 0 amide bonds. The van der Waals surface area contributed by atoms with Gasteiger partial charge in [-0.15, -0.1) is 0 Å². The van der Waals surface area contributed by atoms with Crippen LogP contribution < -0.4 is 28.4 Å². The zero-order chi connectivity index (χ0) is 47.6. The second-order valence-corrected chi connectivity index (χ2v) is 19.2. The Kier molecular flexibility index (Phi) is 15.4. The van der Waals surface area contributed by atoms with Crippen molar-refractivity contribution in [2.75, 3.05) is 66.1 Å². The van der Waals surface area contributed by atoms with Crippen LogP contribution in [0.5, 0.6) is 34.5 Å². The molecule has 1 N–H and O–H groups in total. The number of aliphatic hydroxyl groups excluding tert-OH is 1. The van der Waals surface area contributed by atoms with Gasteiger partial charge < -0.3 is 52.5 Å². The van der Waals surface area contributed by atoms with Crippen LogP contribution in [0.15, 0.2) is 146 Å². The Hall–Kier alpha value is -6.08. The summed E-state index contributed by atoms with van der Waals surface area (Å²) in [5.41, 5.74) is 6.86. The lowest BCUT2D eigenvalue weighted by Crippen LogP contribution is -2.25. The minimum Gasteiger partial charge on any atom is -0.491 e. The highest BCUT2D eigenvalue weighted by atomic mass is 16.6. The Morgan fingerprint density at radius 1 is 0.377 bits per heavy atom. The molecule has 0 saturated carbocycles. The Balaban J connectivity index is 0.000000214. The number of aliphatic hydroxyl groups is 1. The van der Waals surface area contributed by atoms with Gasteiger partial charge >= 0.3 is 0 Å². The maximum Gasteiger partial charge on any atom is 0.122 e. The molecule has 4 aliphatic heterocycles. The van der Waals surface area contributed by atoms with Crippen molar-refractivity contribution in [2.24, 2.45) is 0 Å². The van der Waals surface area contributed by atoms with Crippen LogP contribution in [0.2, 0.25) is 0 Å². The van der Waals surface area contributed by atoms with Gasteiger partial charge in [0.1, 0.15) is 105 Å². The van der Waals surface area contributed by atoms with Gasteiger partial charge in [-0.2, -0.15) is 0 Å². The van der Waals surface area contributed by atoms with E-state index in [0.717, 1.165) is 55.8 Å². The van der Waals surface area contributed by atoms with Crippen molar-refractivity contribution in [1.82, 2.24) is 0 Å². The van der Waals surface area contributed by atoms with Gasteiger partial charge in [-0.1, -0.05) is 100 Å². The van der Waals surface area contributed by atoms with E-state index in [1.54, 1.807) is 0 Å². The fourth-order valence-electron chi connectivity index (χ4n) is 7.69. The molecule has 0 aromatic heterocycles. The lowest BCUT2D eigenvalue weighted by atomic mass is 9.78. The van der Waals surface area contributed by atoms with Gasteiger partial charge in [0, 0.05) is 10.8 Å². The summed E-state index contributed by atoms with van der Waals surface area (Å²) in [5.74, 6) is 4.91. The minimum atomic E-state index is -0.772. The van der Waals surface area contributed by atoms with E-state index >= 15 is 0 Å². The van der Waals surface area contributed by atoms with E-state index < -0.39 is 6.10 Å². The van der Waals surface area contributed by atoms with Crippen LogP contribution in [0.3, 0.4) is 0 Å². The first-order valence-electron chi connectivity index (χ1n) is 24.0. The maximum atomic E-state index is 10.5. The van der Waals surface area contributed by atoms with Crippen molar-refractivity contribution in [2.45, 2.75) is 75.5 Å². The molecule has 4 saturated heterocycles. The number of hydrogen-bond acceptors (Lipinski definition) is 11. The molecule has 4 heterocycles. The molecule has 362 valence electrons. The predicted octanol–water partition coefficient (Wildman–Crippen LogP) is 9.54. The summed E-state index contributed by atoms with van der Waals surface area (Å²) in [6.45, 7) is 14.8. The standard InChI is InChI=1S/C39H44O7.C19H20O4/c1-38(2,29-9-17-34(18-10-29)43-23-36-25-45-36)27-5-13-32(14-6-27)41-21-31(40)22-42-33-15-7-28(8-16-33)39(3,4)30-11-19-35(20-12-30)44-24-37-26-46-37;1-5-16(20-10-18-12-22-18)6-2-14(1)9-15-3-7-17(8-4-15)21-11-19-13-23-19/h5-20,31,36-37,40H,21-26H2,1-4H3;1-8,18-19H,9-13H2. The van der Waals surface area contributed by atoms with Crippen molar-refractivity contribution in [3.8, 4) is 34.5 Å². The molecule has 11 heteroatoms. The number of benzene rings is 6. The number of ether oxygens (including phenoxy) is 10. The molecule has 4 atom stereocenters. The lowest BCUT2D eigenvalue weighted by molar-refractivity contribution is 0.0626. The third-order valence-electron chi connectivity index (χ3n) is 12.8. The average Bonchev–Trinajstić information content (AvgIpc) is 4.16. The van der Waals surface area contributed by atoms with Crippen LogP contribution in [0.1, 0.15) is 61.1 Å². The van der Waals surface area contributed by atoms with E-state index in [1.165, 1.54) is 33.4 Å². The Morgan fingerprint density at radius 3 is 0.826 bits per heavy atom. The highest BCUT2D eigenvalue weighted by Crippen LogP contribution is 2.35. The summed E-state index contributed by atoms with van der Waals surface area (Å²) in [6, 6.07) is 49.1. The molecular weight excluding hydrogens is 873 g/mol. The van der Waals surface area contributed by atoms with Crippen LogP contribution >= 0.6 is 0 Å². The minimum absolute atomic E-state index is 0.134. The summed E-state index contributed by atoms with van der Waals surface area (Å²) in [7, 11) is 0. The van der Waals surface area contributed by atoms with Crippen molar-refractivity contribution in [3.05, 3.63) is 179 Å². The third-order valence-corrected chi connectivity index (χ3v) is 12.8. The van der Waals surface area contributed by atoms with Gasteiger partial charge in [0.15, 0.2) is 0 Å². The fraction of sp³-hybridized carbons (Fsp3) is 0.379. The second kappa shape index (κ2) is 22.1. The second-order valence-electron chi connectivity index (χ2n) is 19.2. The highest BCUT2D eigenvalue weighted by molar-refractivity contribution is 5.43. The Morgan fingerprint density at radius 2 is 0.594 bits per heavy atom. The van der Waals surface area contributed by atoms with Crippen molar-refractivity contribution in [1.29, 1.82) is 0 Å². The van der Waals surface area contributed by atoms with Gasteiger partial charge in [0.05, 0.1) is 26.4 Å². The normalized spacial score (nSPS) is 19.3. The highest BCUT2D eigenvalue weighted by Gasteiger charge is 2.27. The molecular formula is C58H64O11. The molecule has 69 heavy (non-hydrogen) atoms. The van der Waals surface area contributed by atoms with E-state index in [0.29, 0.717) is 50.1 Å². The first kappa shape index (κ1) is 48.0. The first-order chi connectivity index (χ1) is 33.5. The van der Waals surface area contributed by atoms with Gasteiger partial charge in [-0.05, 0) is 113 Å². The van der Waals surface area contributed by atoms with Gasteiger partial charge in [-0.3, -0.25) is 0 Å².